The van der Waals surface area contributed by atoms with Crippen molar-refractivity contribution in [3.05, 3.63) is 108 Å². The monoisotopic (exact) mass is 300 g/mol. The Hall–Kier alpha value is -2.87. The maximum absolute atomic E-state index is 11.7. The summed E-state index contributed by atoms with van der Waals surface area (Å²) in [6.45, 7) is 0. The molecule has 0 unspecified atom stereocenters. The molecule has 3 aromatic carbocycles. The molecule has 0 N–H and O–H groups in total. The van der Waals surface area contributed by atoms with E-state index in [9.17, 15) is 4.79 Å². The summed E-state index contributed by atoms with van der Waals surface area (Å²) in [5.74, 6) is 0. The molecule has 1 amide bonds. The van der Waals surface area contributed by atoms with E-state index in [0.29, 0.717) is 0 Å². The lowest BCUT2D eigenvalue weighted by atomic mass is 9.76. The van der Waals surface area contributed by atoms with Gasteiger partial charge in [0.15, 0.2) is 0 Å². The van der Waals surface area contributed by atoms with E-state index in [1.54, 1.807) is 11.9 Å². The van der Waals surface area contributed by atoms with E-state index in [1.165, 1.54) is 0 Å². The molecule has 3 rings (SSSR count). The summed E-state index contributed by atoms with van der Waals surface area (Å²) in [5.41, 5.74) is 2.39. The van der Waals surface area contributed by atoms with Gasteiger partial charge < -0.3 is 4.90 Å². The van der Waals surface area contributed by atoms with Crippen molar-refractivity contribution in [2.75, 3.05) is 7.05 Å². The average Bonchev–Trinajstić information content (AvgIpc) is 2.65. The number of benzene rings is 3. The molecule has 0 aromatic heterocycles. The average molecular weight is 300 g/mol. The van der Waals surface area contributed by atoms with Crippen LogP contribution in [0.4, 0.5) is 0 Å². The van der Waals surface area contributed by atoms with Crippen molar-refractivity contribution in [1.29, 1.82) is 0 Å². The number of rotatable bonds is 5. The number of carbonyl (C=O) groups excluding carboxylic acids is 1. The highest BCUT2D eigenvalue weighted by molar-refractivity contribution is 5.59. The van der Waals surface area contributed by atoms with Gasteiger partial charge >= 0.3 is 6.41 Å². The fourth-order valence-corrected chi connectivity index (χ4v) is 3.19. The van der Waals surface area contributed by atoms with Crippen molar-refractivity contribution < 1.29 is 4.79 Å². The van der Waals surface area contributed by atoms with Crippen LogP contribution in [0.1, 0.15) is 16.7 Å². The van der Waals surface area contributed by atoms with Gasteiger partial charge in [-0.15, -0.1) is 0 Å². The molecule has 0 aliphatic rings. The van der Waals surface area contributed by atoms with Crippen LogP contribution in [-0.2, 0) is 10.3 Å². The van der Waals surface area contributed by atoms with Gasteiger partial charge in [0, 0.05) is 7.05 Å². The molecular formula is C21H18NO. The van der Waals surface area contributed by atoms with E-state index in [-0.39, 0.29) is 0 Å². The first-order valence-corrected chi connectivity index (χ1v) is 7.58. The van der Waals surface area contributed by atoms with Crippen LogP contribution in [0.5, 0.6) is 0 Å². The summed E-state index contributed by atoms with van der Waals surface area (Å²) in [6, 6.07) is 30.2. The minimum atomic E-state index is -0.703. The molecule has 0 saturated carbocycles. The molecule has 0 spiro atoms. The van der Waals surface area contributed by atoms with Crippen LogP contribution in [0.25, 0.3) is 0 Å². The van der Waals surface area contributed by atoms with Crippen LogP contribution in [-0.4, -0.2) is 18.4 Å². The van der Waals surface area contributed by atoms with Gasteiger partial charge in [-0.1, -0.05) is 91.0 Å². The summed E-state index contributed by atoms with van der Waals surface area (Å²) in [7, 11) is 1.78. The normalized spacial score (nSPS) is 11.0. The Morgan fingerprint density at radius 1 is 0.652 bits per heavy atom. The van der Waals surface area contributed by atoms with E-state index in [0.717, 1.165) is 16.7 Å². The standard InChI is InChI=1S/C21H18NO/c1-22(17-23)21(18-11-5-2-6-12-18,19-13-7-3-8-14-19)20-15-9-4-10-16-20/h2-16H,1H3. The molecule has 0 atom stereocenters. The van der Waals surface area contributed by atoms with Crippen LogP contribution >= 0.6 is 0 Å². The number of nitrogens with zero attached hydrogens (tertiary/aromatic N) is 1. The van der Waals surface area contributed by atoms with E-state index in [2.05, 4.69) is 6.41 Å². The van der Waals surface area contributed by atoms with E-state index >= 15 is 0 Å². The highest BCUT2D eigenvalue weighted by Gasteiger charge is 2.40. The van der Waals surface area contributed by atoms with Gasteiger partial charge in [0.2, 0.25) is 0 Å². The minimum absolute atomic E-state index is 0.703. The number of amides is 1. The molecule has 0 saturated heterocycles. The van der Waals surface area contributed by atoms with Gasteiger partial charge in [-0.2, -0.15) is 0 Å². The smallest absolute Gasteiger partial charge is 0.313 e. The van der Waals surface area contributed by atoms with Crippen LogP contribution in [0.2, 0.25) is 0 Å². The zero-order valence-corrected chi connectivity index (χ0v) is 13.0. The SMILES string of the molecule is CN([C]=O)C(c1ccccc1)(c1ccccc1)c1ccccc1. The lowest BCUT2D eigenvalue weighted by molar-refractivity contribution is 0.297. The van der Waals surface area contributed by atoms with Crippen molar-refractivity contribution >= 4 is 6.41 Å². The third-order valence-corrected chi connectivity index (χ3v) is 4.21. The minimum Gasteiger partial charge on any atom is -0.319 e. The van der Waals surface area contributed by atoms with Gasteiger partial charge in [-0.25, -0.2) is 0 Å². The highest BCUT2D eigenvalue weighted by Crippen LogP contribution is 2.40. The van der Waals surface area contributed by atoms with Crippen LogP contribution < -0.4 is 0 Å². The molecule has 1 radical (unpaired) electrons. The second kappa shape index (κ2) is 6.49. The summed E-state index contributed by atoms with van der Waals surface area (Å²) >= 11 is 0. The third-order valence-electron chi connectivity index (χ3n) is 4.21. The second-order valence-electron chi connectivity index (χ2n) is 5.46. The van der Waals surface area contributed by atoms with E-state index < -0.39 is 5.54 Å². The van der Waals surface area contributed by atoms with Crippen molar-refractivity contribution in [2.24, 2.45) is 0 Å². The Balaban J connectivity index is 2.38. The van der Waals surface area contributed by atoms with E-state index in [1.807, 2.05) is 91.0 Å². The fraction of sp³-hybridized carbons (Fsp3) is 0.0952. The fourth-order valence-electron chi connectivity index (χ4n) is 3.19. The largest absolute Gasteiger partial charge is 0.319 e. The lowest BCUT2D eigenvalue weighted by Crippen LogP contribution is -2.45. The topological polar surface area (TPSA) is 20.3 Å². The Bertz CT molecular complexity index is 657. The maximum atomic E-state index is 11.7. The number of hydrogen-bond acceptors (Lipinski definition) is 1. The summed E-state index contributed by atoms with van der Waals surface area (Å²) < 4.78 is 0. The van der Waals surface area contributed by atoms with Gasteiger partial charge in [-0.3, -0.25) is 4.79 Å². The zero-order chi connectivity index (χ0) is 16.1. The first-order valence-electron chi connectivity index (χ1n) is 7.58. The zero-order valence-electron chi connectivity index (χ0n) is 13.0. The quantitative estimate of drug-likeness (QED) is 0.515. The van der Waals surface area contributed by atoms with Gasteiger partial charge in [0.25, 0.3) is 0 Å². The molecule has 0 aliphatic heterocycles. The van der Waals surface area contributed by atoms with Crippen molar-refractivity contribution in [2.45, 2.75) is 5.54 Å². The molecule has 2 nitrogen and oxygen atoms in total. The summed E-state index contributed by atoms with van der Waals surface area (Å²) in [5, 5.41) is 0. The first kappa shape index (κ1) is 15.0. The predicted molar refractivity (Wildman–Crippen MR) is 92.7 cm³/mol. The van der Waals surface area contributed by atoms with Crippen molar-refractivity contribution in [1.82, 2.24) is 4.90 Å². The molecule has 0 heterocycles. The molecule has 113 valence electrons. The summed E-state index contributed by atoms with van der Waals surface area (Å²) in [6.07, 6.45) is 2.08. The van der Waals surface area contributed by atoms with Crippen LogP contribution in [0.3, 0.4) is 0 Å². The lowest BCUT2D eigenvalue weighted by Gasteiger charge is -2.41. The Morgan fingerprint density at radius 2 is 0.957 bits per heavy atom. The van der Waals surface area contributed by atoms with Crippen LogP contribution in [0.15, 0.2) is 91.0 Å². The molecule has 0 bridgehead atoms. The number of hydrogen-bond donors (Lipinski definition) is 0. The molecule has 3 aromatic rings. The van der Waals surface area contributed by atoms with Gasteiger partial charge in [0.1, 0.15) is 5.54 Å². The van der Waals surface area contributed by atoms with Crippen molar-refractivity contribution in [3.63, 3.8) is 0 Å². The van der Waals surface area contributed by atoms with Gasteiger partial charge in [-0.05, 0) is 16.7 Å². The highest BCUT2D eigenvalue weighted by atomic mass is 16.1. The second-order valence-corrected chi connectivity index (χ2v) is 5.46. The van der Waals surface area contributed by atoms with Crippen molar-refractivity contribution in [3.8, 4) is 0 Å². The summed E-state index contributed by atoms with van der Waals surface area (Å²) in [4.78, 5) is 13.3. The molecule has 2 heteroatoms. The van der Waals surface area contributed by atoms with Crippen LogP contribution in [0, 0.1) is 0 Å². The molecule has 0 aliphatic carbocycles. The molecular weight excluding hydrogens is 282 g/mol. The third kappa shape index (κ3) is 2.53. The Labute approximate surface area is 137 Å². The molecule has 0 fully saturated rings. The van der Waals surface area contributed by atoms with Gasteiger partial charge in [0.05, 0.1) is 0 Å². The Kier molecular flexibility index (Phi) is 4.24. The maximum Gasteiger partial charge on any atom is 0.313 e. The Morgan fingerprint density at radius 3 is 1.22 bits per heavy atom. The first-order chi connectivity index (χ1) is 11.3. The van der Waals surface area contributed by atoms with E-state index in [4.69, 9.17) is 0 Å². The molecule has 23 heavy (non-hydrogen) atoms. The predicted octanol–water partition coefficient (Wildman–Crippen LogP) is 3.98.